The van der Waals surface area contributed by atoms with Crippen LogP contribution in [0.15, 0.2) is 49.1 Å². The van der Waals surface area contributed by atoms with Gasteiger partial charge in [0, 0.05) is 31.3 Å². The maximum absolute atomic E-state index is 13.7. The van der Waals surface area contributed by atoms with Gasteiger partial charge in [-0.25, -0.2) is 0 Å². The summed E-state index contributed by atoms with van der Waals surface area (Å²) in [5.41, 5.74) is 7.01. The monoisotopic (exact) mass is 594 g/mol. The molecule has 0 aliphatic carbocycles. The lowest BCUT2D eigenvalue weighted by atomic mass is 9.87. The summed E-state index contributed by atoms with van der Waals surface area (Å²) < 4.78 is 21.3. The third-order valence-electron chi connectivity index (χ3n) is 7.69. The molecule has 1 unspecified atom stereocenters. The number of benzene rings is 2. The van der Waals surface area contributed by atoms with E-state index < -0.39 is 17.6 Å². The Morgan fingerprint density at radius 1 is 1.07 bits per heavy atom. The summed E-state index contributed by atoms with van der Waals surface area (Å²) in [6.07, 6.45) is 1.49. The SMILES string of the molecule is C=CCOC(=O)CC12C[C@H](N)CN1C(=O)CN(Cc1ccc(CC(=O)NCc3c(OC)cc(OC)cc3OC)cc1)C2=O. The van der Waals surface area contributed by atoms with Crippen LogP contribution in [0.2, 0.25) is 0 Å². The van der Waals surface area contributed by atoms with Crippen LogP contribution in [0, 0.1) is 0 Å². The lowest BCUT2D eigenvalue weighted by Crippen LogP contribution is -2.65. The molecule has 2 heterocycles. The Kier molecular flexibility index (Phi) is 9.92. The minimum absolute atomic E-state index is 0.0149. The number of hydrogen-bond donors (Lipinski definition) is 2. The Morgan fingerprint density at radius 2 is 1.72 bits per heavy atom. The first-order chi connectivity index (χ1) is 20.6. The third kappa shape index (κ3) is 6.91. The molecule has 0 spiro atoms. The number of esters is 1. The number of fused-ring (bicyclic) bond motifs is 1. The Hall–Kier alpha value is -4.58. The summed E-state index contributed by atoms with van der Waals surface area (Å²) in [7, 11) is 4.61. The molecule has 2 aromatic carbocycles. The van der Waals surface area contributed by atoms with Crippen molar-refractivity contribution in [3.63, 3.8) is 0 Å². The van der Waals surface area contributed by atoms with E-state index in [1.807, 2.05) is 12.1 Å². The normalized spacial score (nSPS) is 19.5. The van der Waals surface area contributed by atoms with Gasteiger partial charge in [-0.15, -0.1) is 0 Å². The molecule has 2 aliphatic heterocycles. The third-order valence-corrected chi connectivity index (χ3v) is 7.69. The van der Waals surface area contributed by atoms with Crippen molar-refractivity contribution in [3.8, 4) is 17.2 Å². The number of nitrogens with one attached hydrogen (secondary N) is 1. The molecule has 230 valence electrons. The van der Waals surface area contributed by atoms with Crippen LogP contribution in [0.5, 0.6) is 17.2 Å². The van der Waals surface area contributed by atoms with Crippen molar-refractivity contribution in [1.29, 1.82) is 0 Å². The number of piperazine rings is 1. The highest BCUT2D eigenvalue weighted by atomic mass is 16.5. The van der Waals surface area contributed by atoms with Crippen molar-refractivity contribution in [3.05, 3.63) is 65.7 Å². The van der Waals surface area contributed by atoms with Crippen LogP contribution in [0.3, 0.4) is 0 Å². The van der Waals surface area contributed by atoms with Gasteiger partial charge in [-0.2, -0.15) is 0 Å². The molecule has 12 heteroatoms. The number of carbonyl (C=O) groups excluding carboxylic acids is 4. The quantitative estimate of drug-likeness (QED) is 0.259. The van der Waals surface area contributed by atoms with Crippen LogP contribution < -0.4 is 25.3 Å². The van der Waals surface area contributed by atoms with Gasteiger partial charge in [0.1, 0.15) is 35.9 Å². The fourth-order valence-electron chi connectivity index (χ4n) is 5.66. The van der Waals surface area contributed by atoms with Crippen LogP contribution in [0.25, 0.3) is 0 Å². The second-order valence-electron chi connectivity index (χ2n) is 10.6. The first kappa shape index (κ1) is 31.4. The van der Waals surface area contributed by atoms with E-state index in [-0.39, 0.29) is 69.8 Å². The van der Waals surface area contributed by atoms with Crippen LogP contribution >= 0.6 is 0 Å². The predicted molar refractivity (Wildman–Crippen MR) is 156 cm³/mol. The summed E-state index contributed by atoms with van der Waals surface area (Å²) in [6.45, 7) is 4.01. The molecule has 0 radical (unpaired) electrons. The van der Waals surface area contributed by atoms with Gasteiger partial charge in [-0.3, -0.25) is 19.2 Å². The average molecular weight is 595 g/mol. The Morgan fingerprint density at radius 3 is 2.33 bits per heavy atom. The number of ether oxygens (including phenoxy) is 4. The fourth-order valence-corrected chi connectivity index (χ4v) is 5.66. The van der Waals surface area contributed by atoms with E-state index in [0.717, 1.165) is 11.1 Å². The van der Waals surface area contributed by atoms with Crippen molar-refractivity contribution in [2.24, 2.45) is 5.73 Å². The van der Waals surface area contributed by atoms with Gasteiger partial charge in [0.25, 0.3) is 0 Å². The zero-order chi connectivity index (χ0) is 31.1. The number of rotatable bonds is 13. The predicted octanol–water partition coefficient (Wildman–Crippen LogP) is 1.33. The maximum Gasteiger partial charge on any atom is 0.309 e. The van der Waals surface area contributed by atoms with Crippen LogP contribution in [0.1, 0.15) is 29.5 Å². The van der Waals surface area contributed by atoms with E-state index in [9.17, 15) is 19.2 Å². The van der Waals surface area contributed by atoms with E-state index >= 15 is 0 Å². The van der Waals surface area contributed by atoms with Crippen molar-refractivity contribution in [2.45, 2.75) is 43.9 Å². The van der Waals surface area contributed by atoms with Gasteiger partial charge in [0.2, 0.25) is 17.7 Å². The number of amides is 3. The molecule has 2 atom stereocenters. The number of methoxy groups -OCH3 is 3. The van der Waals surface area contributed by atoms with Crippen LogP contribution in [-0.2, 0) is 43.4 Å². The minimum atomic E-state index is -1.36. The average Bonchev–Trinajstić information content (AvgIpc) is 3.35. The molecule has 2 aliphatic rings. The van der Waals surface area contributed by atoms with E-state index in [2.05, 4.69) is 11.9 Å². The molecule has 2 saturated heterocycles. The molecule has 0 saturated carbocycles. The topological polar surface area (TPSA) is 150 Å². The van der Waals surface area contributed by atoms with Crippen molar-refractivity contribution in [2.75, 3.05) is 41.0 Å². The summed E-state index contributed by atoms with van der Waals surface area (Å²) in [5, 5.41) is 2.89. The van der Waals surface area contributed by atoms with Gasteiger partial charge in [0.15, 0.2) is 0 Å². The molecular weight excluding hydrogens is 556 g/mol. The zero-order valence-electron chi connectivity index (χ0n) is 24.7. The second-order valence-corrected chi connectivity index (χ2v) is 10.6. The number of carbonyl (C=O) groups is 4. The lowest BCUT2D eigenvalue weighted by Gasteiger charge is -2.44. The van der Waals surface area contributed by atoms with Gasteiger partial charge in [-0.05, 0) is 17.5 Å². The number of nitrogens with zero attached hydrogens (tertiary/aromatic N) is 2. The molecule has 3 N–H and O–H groups in total. The van der Waals surface area contributed by atoms with E-state index in [1.165, 1.54) is 30.1 Å². The zero-order valence-corrected chi connectivity index (χ0v) is 24.7. The summed E-state index contributed by atoms with van der Waals surface area (Å²) in [4.78, 5) is 54.9. The molecule has 12 nitrogen and oxygen atoms in total. The molecule has 0 aromatic heterocycles. The van der Waals surface area contributed by atoms with E-state index in [0.29, 0.717) is 22.8 Å². The molecule has 4 rings (SSSR count). The number of nitrogens with two attached hydrogens (primary N) is 1. The van der Waals surface area contributed by atoms with Crippen molar-refractivity contribution in [1.82, 2.24) is 15.1 Å². The largest absolute Gasteiger partial charge is 0.496 e. The molecule has 2 fully saturated rings. The van der Waals surface area contributed by atoms with E-state index in [4.69, 9.17) is 24.7 Å². The molecule has 2 aromatic rings. The van der Waals surface area contributed by atoms with Gasteiger partial charge >= 0.3 is 5.97 Å². The first-order valence-electron chi connectivity index (χ1n) is 13.9. The Labute approximate surface area is 250 Å². The fraction of sp³-hybridized carbons (Fsp3) is 0.419. The summed E-state index contributed by atoms with van der Waals surface area (Å²) in [5.74, 6) is 0.256. The Balaban J connectivity index is 1.39. The highest BCUT2D eigenvalue weighted by Crippen LogP contribution is 2.38. The molecule has 0 bridgehead atoms. The summed E-state index contributed by atoms with van der Waals surface area (Å²) >= 11 is 0. The van der Waals surface area contributed by atoms with Gasteiger partial charge in [0.05, 0.1) is 46.3 Å². The molecular formula is C31H38N4O8. The first-order valence-corrected chi connectivity index (χ1v) is 13.9. The van der Waals surface area contributed by atoms with Gasteiger partial charge < -0.3 is 39.8 Å². The maximum atomic E-state index is 13.7. The summed E-state index contributed by atoms with van der Waals surface area (Å²) in [6, 6.07) is 10.3. The minimum Gasteiger partial charge on any atom is -0.496 e. The van der Waals surface area contributed by atoms with Crippen LogP contribution in [-0.4, -0.2) is 86.1 Å². The lowest BCUT2D eigenvalue weighted by molar-refractivity contribution is -0.167. The highest BCUT2D eigenvalue weighted by Gasteiger charge is 2.58. The molecule has 43 heavy (non-hydrogen) atoms. The second kappa shape index (κ2) is 13.6. The molecule has 3 amide bonds. The smallest absolute Gasteiger partial charge is 0.309 e. The van der Waals surface area contributed by atoms with Crippen molar-refractivity contribution >= 4 is 23.7 Å². The van der Waals surface area contributed by atoms with Gasteiger partial charge in [-0.1, -0.05) is 36.9 Å². The van der Waals surface area contributed by atoms with E-state index in [1.54, 1.807) is 31.4 Å². The standard InChI is InChI=1S/C31H38N4O8/c1-5-10-43-29(38)15-31-14-22(32)18-35(31)28(37)19-34(30(31)39)17-21-8-6-20(7-9-21)11-27(36)33-16-24-25(41-3)12-23(40-2)13-26(24)42-4/h5-9,12-13,22H,1,10-11,14-19,32H2,2-4H3,(H,33,36)/t22-,31?/m0/s1. The number of hydrogen-bond acceptors (Lipinski definition) is 9. The van der Waals surface area contributed by atoms with Crippen molar-refractivity contribution < 1.29 is 38.1 Å². The Bertz CT molecular complexity index is 1350. The van der Waals surface area contributed by atoms with Crippen LogP contribution in [0.4, 0.5) is 0 Å². The highest BCUT2D eigenvalue weighted by molar-refractivity contribution is 6.01.